The van der Waals surface area contributed by atoms with Gasteiger partial charge in [-0.05, 0) is 19.1 Å². The Morgan fingerprint density at radius 2 is 2.00 bits per heavy atom. The number of methoxy groups -OCH3 is 1. The fourth-order valence-corrected chi connectivity index (χ4v) is 1.40. The largest absolute Gasteiger partial charge is 0.508 e. The van der Waals surface area contributed by atoms with Crippen LogP contribution < -0.4 is 4.74 Å². The van der Waals surface area contributed by atoms with Crippen LogP contribution in [0.5, 0.6) is 11.5 Å². The van der Waals surface area contributed by atoms with Crippen LogP contribution in [-0.4, -0.2) is 18.0 Å². The smallest absolute Gasteiger partial charge is 0.416 e. The van der Waals surface area contributed by atoms with Gasteiger partial charge in [0.05, 0.1) is 12.7 Å². The highest BCUT2D eigenvalue weighted by Gasteiger charge is 2.32. The molecule has 1 rings (SSSR count). The lowest BCUT2D eigenvalue weighted by Crippen LogP contribution is -2.07. The lowest BCUT2D eigenvalue weighted by atomic mass is 10.0. The summed E-state index contributed by atoms with van der Waals surface area (Å²) in [5.41, 5.74) is -0.952. The molecule has 6 heteroatoms. The van der Waals surface area contributed by atoms with E-state index in [1.54, 1.807) is 0 Å². The molecule has 1 aromatic rings. The third-order valence-corrected chi connectivity index (χ3v) is 2.16. The summed E-state index contributed by atoms with van der Waals surface area (Å²) in [6, 6.07) is 1.35. The number of Topliss-reactive ketones (excluding diaryl/α,β-unsaturated/α-hetero) is 1. The topological polar surface area (TPSA) is 46.5 Å². The van der Waals surface area contributed by atoms with Crippen LogP contribution >= 0.6 is 0 Å². The summed E-state index contributed by atoms with van der Waals surface area (Å²) in [5.74, 6) is -1.02. The lowest BCUT2D eigenvalue weighted by molar-refractivity contribution is -0.137. The van der Waals surface area contributed by atoms with Crippen molar-refractivity contribution in [3.8, 4) is 11.5 Å². The predicted octanol–water partition coefficient (Wildman–Crippen LogP) is 2.55. The number of alkyl halides is 3. The molecule has 0 spiro atoms. The summed E-state index contributed by atoms with van der Waals surface area (Å²) in [5, 5.41) is 9.48. The molecule has 94 valence electrons. The van der Waals surface area contributed by atoms with Crippen LogP contribution in [-0.2, 0) is 17.4 Å². The Morgan fingerprint density at radius 3 is 2.41 bits per heavy atom. The van der Waals surface area contributed by atoms with E-state index in [4.69, 9.17) is 4.74 Å². The maximum atomic E-state index is 12.4. The van der Waals surface area contributed by atoms with Gasteiger partial charge in [-0.25, -0.2) is 0 Å². The van der Waals surface area contributed by atoms with E-state index in [1.807, 2.05) is 0 Å². The van der Waals surface area contributed by atoms with E-state index < -0.39 is 17.5 Å². The molecule has 0 bridgehead atoms. The van der Waals surface area contributed by atoms with Gasteiger partial charge in [0.2, 0.25) is 0 Å². The Labute approximate surface area is 95.8 Å². The van der Waals surface area contributed by atoms with Gasteiger partial charge < -0.3 is 9.84 Å². The second kappa shape index (κ2) is 4.65. The molecule has 0 fully saturated rings. The zero-order valence-corrected chi connectivity index (χ0v) is 9.26. The normalized spacial score (nSPS) is 11.4. The number of benzene rings is 1. The quantitative estimate of drug-likeness (QED) is 0.894. The number of phenolic OH excluding ortho intramolecular Hbond substituents is 1. The Balaban J connectivity index is 3.30. The number of phenols is 1. The number of rotatable bonds is 3. The SMILES string of the molecule is COc1cc(C(F)(F)F)cc(O)c1CC(C)=O. The van der Waals surface area contributed by atoms with Gasteiger partial charge in [-0.15, -0.1) is 0 Å². The highest BCUT2D eigenvalue weighted by molar-refractivity contribution is 5.80. The van der Waals surface area contributed by atoms with Crippen molar-refractivity contribution in [3.05, 3.63) is 23.3 Å². The third-order valence-electron chi connectivity index (χ3n) is 2.16. The fraction of sp³-hybridized carbons (Fsp3) is 0.364. The van der Waals surface area contributed by atoms with Crippen LogP contribution in [0.4, 0.5) is 13.2 Å². The van der Waals surface area contributed by atoms with Crippen molar-refractivity contribution < 1.29 is 27.8 Å². The van der Waals surface area contributed by atoms with Gasteiger partial charge in [0.15, 0.2) is 0 Å². The molecule has 17 heavy (non-hydrogen) atoms. The first-order valence-corrected chi connectivity index (χ1v) is 4.72. The first kappa shape index (κ1) is 13.3. The van der Waals surface area contributed by atoms with Crippen LogP contribution in [0.1, 0.15) is 18.1 Å². The Morgan fingerprint density at radius 1 is 1.41 bits per heavy atom. The maximum absolute atomic E-state index is 12.4. The number of aromatic hydroxyl groups is 1. The number of hydrogen-bond donors (Lipinski definition) is 1. The minimum Gasteiger partial charge on any atom is -0.508 e. The maximum Gasteiger partial charge on any atom is 0.416 e. The average molecular weight is 248 g/mol. The molecule has 0 unspecified atom stereocenters. The molecule has 3 nitrogen and oxygen atoms in total. The summed E-state index contributed by atoms with van der Waals surface area (Å²) in [6.07, 6.45) is -4.74. The van der Waals surface area contributed by atoms with Crippen molar-refractivity contribution >= 4 is 5.78 Å². The van der Waals surface area contributed by atoms with E-state index in [2.05, 4.69) is 0 Å². The summed E-state index contributed by atoms with van der Waals surface area (Å²) in [4.78, 5) is 10.9. The molecule has 1 N–H and O–H groups in total. The van der Waals surface area contributed by atoms with E-state index in [9.17, 15) is 23.1 Å². The monoisotopic (exact) mass is 248 g/mol. The van der Waals surface area contributed by atoms with Crippen LogP contribution in [0.15, 0.2) is 12.1 Å². The van der Waals surface area contributed by atoms with Crippen molar-refractivity contribution in [3.63, 3.8) is 0 Å². The molecule has 0 heterocycles. The Hall–Kier alpha value is -1.72. The fourth-order valence-electron chi connectivity index (χ4n) is 1.40. The average Bonchev–Trinajstić information content (AvgIpc) is 2.18. The second-order valence-corrected chi connectivity index (χ2v) is 3.55. The van der Waals surface area contributed by atoms with Gasteiger partial charge in [-0.3, -0.25) is 4.79 Å². The predicted molar refractivity (Wildman–Crippen MR) is 54.0 cm³/mol. The number of halogens is 3. The second-order valence-electron chi connectivity index (χ2n) is 3.55. The van der Waals surface area contributed by atoms with E-state index in [0.29, 0.717) is 6.07 Å². The molecule has 0 saturated heterocycles. The summed E-state index contributed by atoms with van der Waals surface area (Å²) in [6.45, 7) is 1.27. The van der Waals surface area contributed by atoms with Gasteiger partial charge in [-0.1, -0.05) is 0 Å². The Kier molecular flexibility index (Phi) is 3.65. The van der Waals surface area contributed by atoms with Crippen LogP contribution in [0.3, 0.4) is 0 Å². The Bertz CT molecular complexity index is 438. The van der Waals surface area contributed by atoms with Crippen LogP contribution in [0.25, 0.3) is 0 Å². The molecule has 0 atom stereocenters. The number of carbonyl (C=O) groups excluding carboxylic acids is 1. The molecule has 0 aromatic heterocycles. The molecule has 0 aliphatic rings. The summed E-state index contributed by atoms with van der Waals surface area (Å²) >= 11 is 0. The first-order chi connectivity index (χ1) is 7.75. The minimum atomic E-state index is -4.57. The third kappa shape index (κ3) is 3.12. The molecule has 1 aromatic carbocycles. The molecule has 0 radical (unpaired) electrons. The van der Waals surface area contributed by atoms with Gasteiger partial charge in [0, 0.05) is 12.0 Å². The van der Waals surface area contributed by atoms with Gasteiger partial charge in [0.1, 0.15) is 17.3 Å². The van der Waals surface area contributed by atoms with Gasteiger partial charge >= 0.3 is 6.18 Å². The highest BCUT2D eigenvalue weighted by atomic mass is 19.4. The first-order valence-electron chi connectivity index (χ1n) is 4.72. The summed E-state index contributed by atoms with van der Waals surface area (Å²) < 4.78 is 42.1. The van der Waals surface area contributed by atoms with Crippen molar-refractivity contribution in [2.45, 2.75) is 19.5 Å². The summed E-state index contributed by atoms with van der Waals surface area (Å²) in [7, 11) is 1.18. The molecular formula is C11H11F3O3. The molecule has 0 aliphatic carbocycles. The van der Waals surface area contributed by atoms with Crippen molar-refractivity contribution in [1.29, 1.82) is 0 Å². The van der Waals surface area contributed by atoms with E-state index in [1.165, 1.54) is 14.0 Å². The molecule has 0 aliphatic heterocycles. The van der Waals surface area contributed by atoms with E-state index in [0.717, 1.165) is 6.07 Å². The lowest BCUT2D eigenvalue weighted by Gasteiger charge is -2.13. The molecule has 0 saturated carbocycles. The van der Waals surface area contributed by atoms with Gasteiger partial charge in [-0.2, -0.15) is 13.2 Å². The molecule has 0 amide bonds. The standard InChI is InChI=1S/C11H11F3O3/c1-6(15)3-8-9(16)4-7(11(12,13)14)5-10(8)17-2/h4-5,16H,3H2,1-2H3. The van der Waals surface area contributed by atoms with Gasteiger partial charge in [0.25, 0.3) is 0 Å². The van der Waals surface area contributed by atoms with Crippen LogP contribution in [0, 0.1) is 0 Å². The van der Waals surface area contributed by atoms with Crippen molar-refractivity contribution in [2.24, 2.45) is 0 Å². The van der Waals surface area contributed by atoms with Crippen molar-refractivity contribution in [2.75, 3.05) is 7.11 Å². The zero-order valence-electron chi connectivity index (χ0n) is 9.26. The highest BCUT2D eigenvalue weighted by Crippen LogP contribution is 2.37. The number of ketones is 1. The zero-order chi connectivity index (χ0) is 13.2. The van der Waals surface area contributed by atoms with E-state index >= 15 is 0 Å². The van der Waals surface area contributed by atoms with Crippen molar-refractivity contribution in [1.82, 2.24) is 0 Å². The minimum absolute atomic E-state index is 0.0630. The molecular weight excluding hydrogens is 237 g/mol. The number of carbonyl (C=O) groups is 1. The van der Waals surface area contributed by atoms with E-state index in [-0.39, 0.29) is 23.5 Å². The number of ether oxygens (including phenoxy) is 1. The van der Waals surface area contributed by atoms with Crippen LogP contribution in [0.2, 0.25) is 0 Å². The number of hydrogen-bond acceptors (Lipinski definition) is 3.